The number of nitrogens with one attached hydrogen (secondary N) is 6. The molecule has 1 unspecified atom stereocenters. The zero-order valence-electron chi connectivity index (χ0n) is 25.1. The number of hydrogen-bond donors (Lipinski definition) is 6. The molecule has 0 bridgehead atoms. The number of hydrogen-bond acceptors (Lipinski definition) is 8. The minimum Gasteiger partial charge on any atom is -0.492 e. The Bertz CT molecular complexity index is 1460. The maximum Gasteiger partial charge on any atom is 0.255 e. The molecule has 6 N–H and O–H groups in total. The van der Waals surface area contributed by atoms with E-state index in [9.17, 15) is 18.0 Å². The number of nitrogens with zero attached hydrogens (tertiary/aromatic N) is 1. The molecule has 1 fully saturated rings. The van der Waals surface area contributed by atoms with Crippen LogP contribution in [0.1, 0.15) is 63.0 Å². The molecule has 0 aliphatic carbocycles. The average Bonchev–Trinajstić information content (AvgIpc) is 3.21. The Kier molecular flexibility index (Phi) is 9.06. The second-order valence-electron chi connectivity index (χ2n) is 12.4. The van der Waals surface area contributed by atoms with Crippen LogP contribution < -0.4 is 36.1 Å². The summed E-state index contributed by atoms with van der Waals surface area (Å²) in [6, 6.07) is 7.52. The smallest absolute Gasteiger partial charge is 0.255 e. The minimum absolute atomic E-state index is 0.0203. The molecule has 2 aromatic rings. The Balaban J connectivity index is 1.91. The summed E-state index contributed by atoms with van der Waals surface area (Å²) in [6.45, 7) is 14.2. The van der Waals surface area contributed by atoms with Gasteiger partial charge >= 0.3 is 0 Å². The molecular weight excluding hydrogens is 546 g/mol. The fourth-order valence-electron chi connectivity index (χ4n) is 4.06. The lowest BCUT2D eigenvalue weighted by Crippen LogP contribution is -2.47. The zero-order valence-corrected chi connectivity index (χ0v) is 25.9. The minimum atomic E-state index is -3.63. The third-order valence-corrected chi connectivity index (χ3v) is 6.90. The van der Waals surface area contributed by atoms with Crippen LogP contribution in [0.3, 0.4) is 0 Å². The normalized spacial score (nSPS) is 16.0. The van der Waals surface area contributed by atoms with E-state index in [4.69, 9.17) is 10.1 Å². The van der Waals surface area contributed by atoms with E-state index in [1.807, 2.05) is 48.5 Å². The summed E-state index contributed by atoms with van der Waals surface area (Å²) in [7, 11) is -2.23. The third-order valence-electron chi connectivity index (χ3n) is 6.31. The van der Waals surface area contributed by atoms with E-state index < -0.39 is 22.0 Å². The largest absolute Gasteiger partial charge is 0.492 e. The fraction of sp³-hybridized carbons (Fsp3) is 0.464. The number of aryl methyl sites for hydroxylation is 1. The number of amides is 2. The number of methoxy groups -OCH3 is 1. The summed E-state index contributed by atoms with van der Waals surface area (Å²) in [5, 5.41) is 15.7. The summed E-state index contributed by atoms with van der Waals surface area (Å²) < 4.78 is 32.1. The van der Waals surface area contributed by atoms with Crippen LogP contribution in [-0.2, 0) is 20.2 Å². The molecule has 3 rings (SSSR count). The number of sulfonamides is 1. The lowest BCUT2D eigenvalue weighted by Gasteiger charge is -2.24. The number of hydrazine groups is 2. The van der Waals surface area contributed by atoms with Crippen LogP contribution in [0.25, 0.3) is 0 Å². The molecule has 0 spiro atoms. The number of benzene rings is 2. The van der Waals surface area contributed by atoms with E-state index in [0.717, 1.165) is 17.4 Å². The highest BCUT2D eigenvalue weighted by Crippen LogP contribution is 2.39. The quantitative estimate of drug-likeness (QED) is 0.274. The van der Waals surface area contributed by atoms with Crippen molar-refractivity contribution in [3.05, 3.63) is 47.0 Å². The zero-order chi connectivity index (χ0) is 30.9. The van der Waals surface area contributed by atoms with Gasteiger partial charge in [-0.05, 0) is 53.1 Å². The van der Waals surface area contributed by atoms with Crippen LogP contribution in [0.2, 0.25) is 0 Å². The first-order valence-electron chi connectivity index (χ1n) is 13.1. The van der Waals surface area contributed by atoms with Crippen molar-refractivity contribution < 1.29 is 22.7 Å². The van der Waals surface area contributed by atoms with Crippen LogP contribution >= 0.6 is 0 Å². The van der Waals surface area contributed by atoms with Crippen molar-refractivity contribution in [2.45, 2.75) is 59.9 Å². The maximum absolute atomic E-state index is 13.5. The van der Waals surface area contributed by atoms with Gasteiger partial charge in [-0.1, -0.05) is 47.6 Å². The van der Waals surface area contributed by atoms with Gasteiger partial charge in [-0.3, -0.25) is 19.7 Å². The standard InChI is InChI=1S/C28H41N7O5S/c1-16-10-11-17(12-21(16)35-24(29)22(32-34-35)26(37)30-15-27(2,3)4)25(36)31-19-13-18(28(5,6)7)14-20(23(19)40-8)33-41(9,38)39/h10-14,22,29,32-34H,15H2,1-9H3,(H,30,37)(H,31,36). The molecule has 2 aromatic carbocycles. The van der Waals surface area contributed by atoms with Crippen molar-refractivity contribution in [3.63, 3.8) is 0 Å². The molecule has 1 atom stereocenters. The molecule has 13 heteroatoms. The third kappa shape index (κ3) is 7.96. The monoisotopic (exact) mass is 587 g/mol. The highest BCUT2D eigenvalue weighted by Gasteiger charge is 2.35. The predicted molar refractivity (Wildman–Crippen MR) is 162 cm³/mol. The lowest BCUT2D eigenvalue weighted by atomic mass is 9.86. The van der Waals surface area contributed by atoms with Gasteiger partial charge in [0, 0.05) is 12.1 Å². The van der Waals surface area contributed by atoms with Crippen molar-refractivity contribution in [3.8, 4) is 5.75 Å². The van der Waals surface area contributed by atoms with E-state index in [1.165, 1.54) is 12.1 Å². The Morgan fingerprint density at radius 3 is 2.27 bits per heavy atom. The van der Waals surface area contributed by atoms with Gasteiger partial charge in [0.2, 0.25) is 15.9 Å². The van der Waals surface area contributed by atoms with Crippen LogP contribution in [0.4, 0.5) is 17.1 Å². The molecule has 12 nitrogen and oxygen atoms in total. The van der Waals surface area contributed by atoms with Crippen LogP contribution in [0, 0.1) is 17.7 Å². The average molecular weight is 588 g/mol. The van der Waals surface area contributed by atoms with Crippen LogP contribution in [-0.4, -0.2) is 52.0 Å². The molecule has 0 radical (unpaired) electrons. The van der Waals surface area contributed by atoms with Gasteiger partial charge in [-0.15, -0.1) is 0 Å². The summed E-state index contributed by atoms with van der Waals surface area (Å²) >= 11 is 0. The van der Waals surface area contributed by atoms with E-state index in [0.29, 0.717) is 17.9 Å². The summed E-state index contributed by atoms with van der Waals surface area (Å²) in [4.78, 5) is 26.2. The summed E-state index contributed by atoms with van der Waals surface area (Å²) in [5.74, 6) is -0.664. The topological polar surface area (TPSA) is 165 Å². The van der Waals surface area contributed by atoms with E-state index >= 15 is 0 Å². The van der Waals surface area contributed by atoms with Crippen molar-refractivity contribution in [2.24, 2.45) is 5.41 Å². The molecule has 1 heterocycles. The second-order valence-corrected chi connectivity index (χ2v) is 14.1. The van der Waals surface area contributed by atoms with E-state index in [2.05, 4.69) is 26.3 Å². The first kappa shape index (κ1) is 31.8. The SMILES string of the molecule is COc1c(NC(=O)c2ccc(C)c(N3NNC(C(=O)NCC(C)(C)C)C3=N)c2)cc(C(C)(C)C)cc1NS(C)(=O)=O. The Hall–Kier alpha value is -3.68. The number of rotatable bonds is 8. The lowest BCUT2D eigenvalue weighted by molar-refractivity contribution is -0.121. The first-order valence-corrected chi connectivity index (χ1v) is 15.0. The van der Waals surface area contributed by atoms with Crippen LogP contribution in [0.5, 0.6) is 5.75 Å². The van der Waals surface area contributed by atoms with Crippen LogP contribution in [0.15, 0.2) is 30.3 Å². The number of ether oxygens (including phenoxy) is 1. The molecule has 224 valence electrons. The summed E-state index contributed by atoms with van der Waals surface area (Å²) in [6.07, 6.45) is 1.04. The molecule has 2 amide bonds. The van der Waals surface area contributed by atoms with Crippen molar-refractivity contribution in [1.82, 2.24) is 16.3 Å². The molecule has 1 aliphatic heterocycles. The second kappa shape index (κ2) is 11.7. The molecule has 0 aromatic heterocycles. The van der Waals surface area contributed by atoms with Gasteiger partial charge in [-0.25, -0.2) is 18.9 Å². The Labute approximate surface area is 242 Å². The van der Waals surface area contributed by atoms with Gasteiger partial charge in [-0.2, -0.15) is 5.53 Å². The fourth-order valence-corrected chi connectivity index (χ4v) is 4.61. The summed E-state index contributed by atoms with van der Waals surface area (Å²) in [5.41, 5.74) is 8.06. The molecular formula is C28H41N7O5S. The van der Waals surface area contributed by atoms with Gasteiger partial charge < -0.3 is 15.4 Å². The van der Waals surface area contributed by atoms with Gasteiger partial charge in [0.05, 0.1) is 30.4 Å². The number of anilines is 3. The molecule has 0 saturated carbocycles. The van der Waals surface area contributed by atoms with Gasteiger partial charge in [0.1, 0.15) is 5.84 Å². The Morgan fingerprint density at radius 1 is 1.07 bits per heavy atom. The first-order chi connectivity index (χ1) is 18.8. The number of carbonyl (C=O) groups is 2. The van der Waals surface area contributed by atoms with Crippen molar-refractivity contribution >= 4 is 44.7 Å². The maximum atomic E-state index is 13.5. The van der Waals surface area contributed by atoms with Crippen molar-refractivity contribution in [1.29, 1.82) is 5.41 Å². The van der Waals surface area contributed by atoms with E-state index in [-0.39, 0.29) is 39.6 Å². The molecule has 1 saturated heterocycles. The number of amidine groups is 1. The number of carbonyl (C=O) groups excluding carboxylic acids is 2. The Morgan fingerprint density at radius 2 is 1.71 bits per heavy atom. The van der Waals surface area contributed by atoms with E-state index in [1.54, 1.807) is 30.3 Å². The molecule has 41 heavy (non-hydrogen) atoms. The molecule has 1 aliphatic rings. The predicted octanol–water partition coefficient (Wildman–Crippen LogP) is 3.26. The highest BCUT2D eigenvalue weighted by atomic mass is 32.2. The van der Waals surface area contributed by atoms with Gasteiger partial charge in [0.15, 0.2) is 11.8 Å². The van der Waals surface area contributed by atoms with Gasteiger partial charge in [0.25, 0.3) is 5.91 Å². The highest BCUT2D eigenvalue weighted by molar-refractivity contribution is 7.92. The van der Waals surface area contributed by atoms with Crippen molar-refractivity contribution in [2.75, 3.05) is 35.0 Å².